The maximum Gasteiger partial charge on any atom is 0.222 e. The first-order chi connectivity index (χ1) is 11.7. The van der Waals surface area contributed by atoms with Crippen molar-refractivity contribution in [2.24, 2.45) is 0 Å². The van der Waals surface area contributed by atoms with E-state index in [2.05, 4.69) is 10.0 Å². The third-order valence-electron chi connectivity index (χ3n) is 3.59. The second kappa shape index (κ2) is 8.47. The van der Waals surface area contributed by atoms with Gasteiger partial charge in [-0.15, -0.1) is 0 Å². The van der Waals surface area contributed by atoms with E-state index in [9.17, 15) is 13.2 Å². The average molecular weight is 381 g/mol. The minimum atomic E-state index is -3.46. The van der Waals surface area contributed by atoms with Crippen molar-refractivity contribution in [2.75, 3.05) is 6.26 Å². The fourth-order valence-corrected chi connectivity index (χ4v) is 3.32. The second-order valence-corrected chi connectivity index (χ2v) is 8.18. The van der Waals surface area contributed by atoms with Crippen molar-refractivity contribution in [1.29, 1.82) is 0 Å². The van der Waals surface area contributed by atoms with E-state index in [0.717, 1.165) is 17.4 Å². The maximum atomic E-state index is 12.3. The van der Waals surface area contributed by atoms with Crippen molar-refractivity contribution in [3.05, 3.63) is 70.2 Å². The molecule has 0 aliphatic carbocycles. The Morgan fingerprint density at radius 2 is 1.84 bits per heavy atom. The van der Waals surface area contributed by atoms with Crippen LogP contribution in [0.2, 0.25) is 5.02 Å². The zero-order valence-electron chi connectivity index (χ0n) is 14.1. The van der Waals surface area contributed by atoms with E-state index in [1.165, 1.54) is 0 Å². The number of amides is 1. The molecule has 0 bridgehead atoms. The number of rotatable bonds is 7. The average Bonchev–Trinajstić information content (AvgIpc) is 2.52. The highest BCUT2D eigenvalue weighted by Gasteiger charge is 2.19. The third-order valence-corrected chi connectivity index (χ3v) is 4.56. The number of nitrogens with one attached hydrogen (secondary N) is 2. The summed E-state index contributed by atoms with van der Waals surface area (Å²) in [7, 11) is -3.46. The van der Waals surface area contributed by atoms with E-state index in [-0.39, 0.29) is 12.3 Å². The van der Waals surface area contributed by atoms with Gasteiger partial charge in [-0.1, -0.05) is 53.6 Å². The van der Waals surface area contributed by atoms with Gasteiger partial charge in [0, 0.05) is 18.0 Å². The van der Waals surface area contributed by atoms with Crippen molar-refractivity contribution in [3.8, 4) is 0 Å². The lowest BCUT2D eigenvalue weighted by Crippen LogP contribution is -2.33. The predicted molar refractivity (Wildman–Crippen MR) is 99.8 cm³/mol. The monoisotopic (exact) mass is 380 g/mol. The van der Waals surface area contributed by atoms with Crippen LogP contribution in [-0.2, 0) is 21.4 Å². The number of halogens is 1. The van der Waals surface area contributed by atoms with Gasteiger partial charge in [-0.25, -0.2) is 13.1 Å². The standard InChI is InChI=1S/C18H21ClN2O3S/c1-13-4-3-5-14(10-13)12-20-18(22)11-17(21-25(2,23)24)15-6-8-16(19)9-7-15/h3-10,17,21H,11-12H2,1-2H3,(H,20,22). The largest absolute Gasteiger partial charge is 0.352 e. The highest BCUT2D eigenvalue weighted by atomic mass is 35.5. The number of sulfonamides is 1. The lowest BCUT2D eigenvalue weighted by molar-refractivity contribution is -0.121. The molecular weight excluding hydrogens is 360 g/mol. The van der Waals surface area contributed by atoms with E-state index in [1.807, 2.05) is 31.2 Å². The first kappa shape index (κ1) is 19.4. The Kier molecular flexibility index (Phi) is 6.58. The zero-order valence-corrected chi connectivity index (χ0v) is 15.7. The third kappa shape index (κ3) is 6.86. The van der Waals surface area contributed by atoms with Crippen LogP contribution in [0.15, 0.2) is 48.5 Å². The molecule has 0 fully saturated rings. The van der Waals surface area contributed by atoms with Crippen LogP contribution < -0.4 is 10.0 Å². The fourth-order valence-electron chi connectivity index (χ4n) is 2.46. The maximum absolute atomic E-state index is 12.3. The van der Waals surface area contributed by atoms with Gasteiger partial charge in [0.05, 0.1) is 12.3 Å². The van der Waals surface area contributed by atoms with Gasteiger partial charge in [0.25, 0.3) is 0 Å². The molecule has 25 heavy (non-hydrogen) atoms. The van der Waals surface area contributed by atoms with Crippen molar-refractivity contribution in [2.45, 2.75) is 25.9 Å². The van der Waals surface area contributed by atoms with Crippen LogP contribution >= 0.6 is 11.6 Å². The lowest BCUT2D eigenvalue weighted by atomic mass is 10.0. The summed E-state index contributed by atoms with van der Waals surface area (Å²) in [5.74, 6) is -0.238. The van der Waals surface area contributed by atoms with E-state index in [4.69, 9.17) is 11.6 Å². The predicted octanol–water partition coefficient (Wildman–Crippen LogP) is 2.95. The second-order valence-electron chi connectivity index (χ2n) is 5.96. The summed E-state index contributed by atoms with van der Waals surface area (Å²) in [5, 5.41) is 3.37. The zero-order chi connectivity index (χ0) is 18.4. The van der Waals surface area contributed by atoms with Gasteiger partial charge < -0.3 is 5.32 Å². The summed E-state index contributed by atoms with van der Waals surface area (Å²) < 4.78 is 25.7. The quantitative estimate of drug-likeness (QED) is 0.775. The van der Waals surface area contributed by atoms with Crippen molar-refractivity contribution in [1.82, 2.24) is 10.0 Å². The van der Waals surface area contributed by atoms with Crippen LogP contribution in [0.1, 0.15) is 29.2 Å². The molecule has 0 heterocycles. The van der Waals surface area contributed by atoms with Gasteiger partial charge >= 0.3 is 0 Å². The topological polar surface area (TPSA) is 75.3 Å². The van der Waals surface area contributed by atoms with Crippen LogP contribution in [0.25, 0.3) is 0 Å². The molecule has 2 N–H and O–H groups in total. The first-order valence-electron chi connectivity index (χ1n) is 7.78. The smallest absolute Gasteiger partial charge is 0.222 e. The highest BCUT2D eigenvalue weighted by molar-refractivity contribution is 7.88. The molecule has 1 atom stereocenters. The Balaban J connectivity index is 2.05. The van der Waals surface area contributed by atoms with E-state index >= 15 is 0 Å². The minimum Gasteiger partial charge on any atom is -0.352 e. The Morgan fingerprint density at radius 1 is 1.16 bits per heavy atom. The Morgan fingerprint density at radius 3 is 2.44 bits per heavy atom. The summed E-state index contributed by atoms with van der Waals surface area (Å²) in [5.41, 5.74) is 2.79. The van der Waals surface area contributed by atoms with E-state index in [1.54, 1.807) is 24.3 Å². The van der Waals surface area contributed by atoms with Gasteiger partial charge in [0.1, 0.15) is 0 Å². The molecule has 2 aromatic carbocycles. The molecule has 1 amide bonds. The molecule has 2 aromatic rings. The SMILES string of the molecule is Cc1cccc(CNC(=O)CC(NS(C)(=O)=O)c2ccc(Cl)cc2)c1. The molecule has 0 spiro atoms. The Bertz CT molecular complexity index is 836. The Labute approximate surface area is 153 Å². The van der Waals surface area contributed by atoms with Gasteiger partial charge in [0.15, 0.2) is 0 Å². The van der Waals surface area contributed by atoms with Crippen LogP contribution in [0.5, 0.6) is 0 Å². The molecule has 134 valence electrons. The lowest BCUT2D eigenvalue weighted by Gasteiger charge is -2.18. The van der Waals surface area contributed by atoms with Crippen molar-refractivity contribution < 1.29 is 13.2 Å². The van der Waals surface area contributed by atoms with Crippen LogP contribution in [-0.4, -0.2) is 20.6 Å². The Hall–Kier alpha value is -1.89. The number of carbonyl (C=O) groups is 1. The normalized spacial score (nSPS) is 12.6. The van der Waals surface area contributed by atoms with E-state index < -0.39 is 16.1 Å². The van der Waals surface area contributed by atoms with Crippen LogP contribution in [0.3, 0.4) is 0 Å². The summed E-state index contributed by atoms with van der Waals surface area (Å²) in [6.45, 7) is 2.38. The summed E-state index contributed by atoms with van der Waals surface area (Å²) in [6.07, 6.45) is 1.07. The number of carbonyl (C=O) groups excluding carboxylic acids is 1. The molecule has 7 heteroatoms. The molecule has 0 radical (unpaired) electrons. The molecule has 0 aliphatic heterocycles. The number of aryl methyl sites for hydroxylation is 1. The molecule has 0 aliphatic rings. The molecule has 2 rings (SSSR count). The molecule has 0 saturated carbocycles. The van der Waals surface area contributed by atoms with Crippen molar-refractivity contribution in [3.63, 3.8) is 0 Å². The number of benzene rings is 2. The minimum absolute atomic E-state index is 0.000514. The number of hydrogen-bond acceptors (Lipinski definition) is 3. The molecule has 0 saturated heterocycles. The van der Waals surface area contributed by atoms with Gasteiger partial charge in [-0.3, -0.25) is 4.79 Å². The van der Waals surface area contributed by atoms with Crippen LogP contribution in [0, 0.1) is 6.92 Å². The van der Waals surface area contributed by atoms with Gasteiger partial charge in [-0.2, -0.15) is 0 Å². The van der Waals surface area contributed by atoms with E-state index in [0.29, 0.717) is 17.1 Å². The van der Waals surface area contributed by atoms with Crippen molar-refractivity contribution >= 4 is 27.5 Å². The summed E-state index contributed by atoms with van der Waals surface area (Å²) >= 11 is 5.87. The molecular formula is C18H21ClN2O3S. The molecule has 0 aromatic heterocycles. The first-order valence-corrected chi connectivity index (χ1v) is 10.0. The summed E-state index contributed by atoms with van der Waals surface area (Å²) in [4.78, 5) is 12.3. The molecule has 1 unspecified atom stereocenters. The molecule has 5 nitrogen and oxygen atoms in total. The highest BCUT2D eigenvalue weighted by Crippen LogP contribution is 2.20. The van der Waals surface area contributed by atoms with Gasteiger partial charge in [0.2, 0.25) is 15.9 Å². The van der Waals surface area contributed by atoms with Gasteiger partial charge in [-0.05, 0) is 30.2 Å². The summed E-state index contributed by atoms with van der Waals surface area (Å²) in [6, 6.07) is 13.9. The number of hydrogen-bond donors (Lipinski definition) is 2. The fraction of sp³-hybridized carbons (Fsp3) is 0.278. The van der Waals surface area contributed by atoms with Crippen LogP contribution in [0.4, 0.5) is 0 Å².